The molecule has 0 unspecified atom stereocenters. The van der Waals surface area contributed by atoms with E-state index in [0.717, 1.165) is 0 Å². The topological polar surface area (TPSA) is 72.8 Å². The number of ketones is 1. The van der Waals surface area contributed by atoms with E-state index in [1.807, 2.05) is 0 Å². The summed E-state index contributed by atoms with van der Waals surface area (Å²) in [4.78, 5) is 22.8. The molecule has 1 aromatic carbocycles. The van der Waals surface area contributed by atoms with Crippen LogP contribution in [0.2, 0.25) is 0 Å². The number of aliphatic hydroxyl groups excluding tert-OH is 1. The van der Waals surface area contributed by atoms with Crippen molar-refractivity contribution < 1.29 is 24.2 Å². The summed E-state index contributed by atoms with van der Waals surface area (Å²) in [5, 5.41) is 8.79. The van der Waals surface area contributed by atoms with Gasteiger partial charge in [-0.2, -0.15) is 0 Å². The van der Waals surface area contributed by atoms with E-state index in [-0.39, 0.29) is 11.1 Å². The maximum Gasteiger partial charge on any atom is 0.338 e. The molecule has 0 aliphatic rings. The zero-order valence-electron chi connectivity index (χ0n) is 9.02. The Morgan fingerprint density at radius 3 is 2.44 bits per heavy atom. The first-order valence-corrected chi connectivity index (χ1v) is 4.54. The molecule has 0 aromatic heterocycles. The summed E-state index contributed by atoms with van der Waals surface area (Å²) in [6, 6.07) is 4.36. The Labute approximate surface area is 92.6 Å². The van der Waals surface area contributed by atoms with Gasteiger partial charge in [-0.1, -0.05) is 0 Å². The SMILES string of the molecule is COC(=O)c1ccc(OC)cc1C(=O)CO. The minimum absolute atomic E-state index is 0.0914. The molecular formula is C11H12O5. The first kappa shape index (κ1) is 12.2. The zero-order chi connectivity index (χ0) is 12.1. The molecule has 86 valence electrons. The molecule has 0 amide bonds. The molecule has 0 atom stereocenters. The number of rotatable bonds is 4. The van der Waals surface area contributed by atoms with E-state index >= 15 is 0 Å². The Balaban J connectivity index is 3.26. The summed E-state index contributed by atoms with van der Waals surface area (Å²) in [6.45, 7) is -0.669. The normalized spacial score (nSPS) is 9.69. The Bertz CT molecular complexity index is 411. The van der Waals surface area contributed by atoms with Gasteiger partial charge in [0.1, 0.15) is 12.4 Å². The third-order valence-corrected chi connectivity index (χ3v) is 2.08. The quantitative estimate of drug-likeness (QED) is 0.600. The van der Waals surface area contributed by atoms with Gasteiger partial charge in [0, 0.05) is 5.56 Å². The molecule has 1 aromatic rings. The molecule has 0 aliphatic heterocycles. The molecule has 16 heavy (non-hydrogen) atoms. The average Bonchev–Trinajstić information content (AvgIpc) is 2.36. The molecule has 0 spiro atoms. The summed E-state index contributed by atoms with van der Waals surface area (Å²) in [5.41, 5.74) is 0.205. The van der Waals surface area contributed by atoms with Gasteiger partial charge in [0.2, 0.25) is 0 Å². The molecule has 1 N–H and O–H groups in total. The lowest BCUT2D eigenvalue weighted by atomic mass is 10.0. The van der Waals surface area contributed by atoms with Crippen molar-refractivity contribution in [3.63, 3.8) is 0 Å². The fraction of sp³-hybridized carbons (Fsp3) is 0.273. The molecule has 5 heteroatoms. The summed E-state index contributed by atoms with van der Waals surface area (Å²) >= 11 is 0. The van der Waals surface area contributed by atoms with Crippen molar-refractivity contribution in [2.24, 2.45) is 0 Å². The molecule has 0 heterocycles. The van der Waals surface area contributed by atoms with Crippen molar-refractivity contribution in [3.8, 4) is 5.75 Å². The van der Waals surface area contributed by atoms with Crippen molar-refractivity contribution in [1.29, 1.82) is 0 Å². The van der Waals surface area contributed by atoms with Crippen molar-refractivity contribution in [2.75, 3.05) is 20.8 Å². The number of methoxy groups -OCH3 is 2. The van der Waals surface area contributed by atoms with E-state index in [9.17, 15) is 9.59 Å². The number of carbonyl (C=O) groups excluding carboxylic acids is 2. The first-order valence-electron chi connectivity index (χ1n) is 4.54. The highest BCUT2D eigenvalue weighted by Crippen LogP contribution is 2.19. The smallest absolute Gasteiger partial charge is 0.338 e. The number of ether oxygens (including phenoxy) is 2. The number of Topliss-reactive ketones (excluding diaryl/α,β-unsaturated/α-hetero) is 1. The highest BCUT2D eigenvalue weighted by molar-refractivity contribution is 6.07. The second kappa shape index (κ2) is 5.27. The Hall–Kier alpha value is -1.88. The second-order valence-electron chi connectivity index (χ2n) is 2.98. The molecule has 5 nitrogen and oxygen atoms in total. The van der Waals surface area contributed by atoms with Gasteiger partial charge in [0.05, 0.1) is 19.8 Å². The van der Waals surface area contributed by atoms with Crippen molar-refractivity contribution in [3.05, 3.63) is 29.3 Å². The van der Waals surface area contributed by atoms with Gasteiger partial charge < -0.3 is 14.6 Å². The van der Waals surface area contributed by atoms with Crippen molar-refractivity contribution in [2.45, 2.75) is 0 Å². The first-order chi connectivity index (χ1) is 7.63. The van der Waals surface area contributed by atoms with Gasteiger partial charge in [-0.15, -0.1) is 0 Å². The maximum absolute atomic E-state index is 11.4. The summed E-state index contributed by atoms with van der Waals surface area (Å²) < 4.78 is 9.46. The van der Waals surface area contributed by atoms with Gasteiger partial charge in [0.25, 0.3) is 0 Å². The Morgan fingerprint density at radius 1 is 1.25 bits per heavy atom. The van der Waals surface area contributed by atoms with E-state index in [1.165, 1.54) is 26.4 Å². The third kappa shape index (κ3) is 2.38. The lowest BCUT2D eigenvalue weighted by Gasteiger charge is -2.07. The minimum atomic E-state index is -0.669. The van der Waals surface area contributed by atoms with Crippen LogP contribution in [0.1, 0.15) is 20.7 Å². The lowest BCUT2D eigenvalue weighted by Crippen LogP contribution is -2.13. The van der Waals surface area contributed by atoms with Crippen LogP contribution in [0.15, 0.2) is 18.2 Å². The van der Waals surface area contributed by atoms with Gasteiger partial charge in [0.15, 0.2) is 5.78 Å². The van der Waals surface area contributed by atoms with E-state index in [0.29, 0.717) is 5.75 Å². The predicted octanol–water partition coefficient (Wildman–Crippen LogP) is 0.657. The van der Waals surface area contributed by atoms with Crippen LogP contribution in [-0.2, 0) is 4.74 Å². The molecule has 0 saturated heterocycles. The van der Waals surface area contributed by atoms with Gasteiger partial charge in [-0.05, 0) is 18.2 Å². The van der Waals surface area contributed by atoms with Crippen LogP contribution < -0.4 is 4.74 Å². The lowest BCUT2D eigenvalue weighted by molar-refractivity contribution is 0.0596. The summed E-state index contributed by atoms with van der Waals surface area (Å²) in [6.07, 6.45) is 0. The van der Waals surface area contributed by atoms with Crippen LogP contribution in [0.3, 0.4) is 0 Å². The fourth-order valence-corrected chi connectivity index (χ4v) is 1.25. The Morgan fingerprint density at radius 2 is 1.94 bits per heavy atom. The number of aliphatic hydroxyl groups is 1. The van der Waals surface area contributed by atoms with Crippen LogP contribution in [0.5, 0.6) is 5.75 Å². The molecule has 0 fully saturated rings. The maximum atomic E-state index is 11.4. The number of benzene rings is 1. The van der Waals surface area contributed by atoms with Crippen LogP contribution in [-0.4, -0.2) is 37.7 Å². The minimum Gasteiger partial charge on any atom is -0.497 e. The van der Waals surface area contributed by atoms with Gasteiger partial charge in [-0.3, -0.25) is 4.79 Å². The van der Waals surface area contributed by atoms with Crippen molar-refractivity contribution in [1.82, 2.24) is 0 Å². The van der Waals surface area contributed by atoms with E-state index in [2.05, 4.69) is 4.74 Å². The molecule has 1 rings (SSSR count). The zero-order valence-corrected chi connectivity index (χ0v) is 9.02. The summed E-state index contributed by atoms with van der Waals surface area (Å²) in [5.74, 6) is -0.747. The van der Waals surface area contributed by atoms with Crippen molar-refractivity contribution >= 4 is 11.8 Å². The average molecular weight is 224 g/mol. The number of carbonyl (C=O) groups is 2. The van der Waals surface area contributed by atoms with E-state index < -0.39 is 18.4 Å². The standard InChI is InChI=1S/C11H12O5/c1-15-7-3-4-8(11(14)16-2)9(5-7)10(13)6-12/h3-5,12H,6H2,1-2H3. The molecule has 0 radical (unpaired) electrons. The largest absolute Gasteiger partial charge is 0.497 e. The predicted molar refractivity (Wildman–Crippen MR) is 55.7 cm³/mol. The highest BCUT2D eigenvalue weighted by Gasteiger charge is 2.17. The third-order valence-electron chi connectivity index (χ3n) is 2.08. The number of hydrogen-bond donors (Lipinski definition) is 1. The second-order valence-corrected chi connectivity index (χ2v) is 2.98. The molecule has 0 aliphatic carbocycles. The Kier molecular flexibility index (Phi) is 4.02. The molecular weight excluding hydrogens is 212 g/mol. The number of esters is 1. The fourth-order valence-electron chi connectivity index (χ4n) is 1.25. The van der Waals surface area contributed by atoms with Gasteiger partial charge in [-0.25, -0.2) is 4.79 Å². The van der Waals surface area contributed by atoms with E-state index in [4.69, 9.17) is 9.84 Å². The monoisotopic (exact) mass is 224 g/mol. The van der Waals surface area contributed by atoms with Crippen LogP contribution >= 0.6 is 0 Å². The molecule has 0 saturated carbocycles. The van der Waals surface area contributed by atoms with Crippen LogP contribution in [0.25, 0.3) is 0 Å². The van der Waals surface area contributed by atoms with Gasteiger partial charge >= 0.3 is 5.97 Å². The molecule has 0 bridgehead atoms. The van der Waals surface area contributed by atoms with Crippen LogP contribution in [0.4, 0.5) is 0 Å². The van der Waals surface area contributed by atoms with Crippen LogP contribution in [0, 0.1) is 0 Å². The summed E-state index contributed by atoms with van der Waals surface area (Å²) in [7, 11) is 2.67. The van der Waals surface area contributed by atoms with E-state index in [1.54, 1.807) is 6.07 Å². The highest BCUT2D eigenvalue weighted by atomic mass is 16.5. The number of hydrogen-bond acceptors (Lipinski definition) is 5.